The maximum absolute atomic E-state index is 13.3. The molecule has 0 aliphatic carbocycles. The van der Waals surface area contributed by atoms with E-state index in [0.717, 1.165) is 0 Å². The number of benzene rings is 2. The van der Waals surface area contributed by atoms with Gasteiger partial charge in [0, 0.05) is 36.1 Å². The molecule has 2 aromatic heterocycles. The number of halogens is 2. The molecule has 0 aliphatic heterocycles. The van der Waals surface area contributed by atoms with Crippen molar-refractivity contribution in [3.05, 3.63) is 81.7 Å². The third-order valence-electron chi connectivity index (χ3n) is 5.67. The second-order valence-corrected chi connectivity index (χ2v) is 11.0. The molecule has 0 unspecified atom stereocenters. The van der Waals surface area contributed by atoms with E-state index in [1.165, 1.54) is 24.3 Å². The molecule has 0 saturated heterocycles. The Morgan fingerprint density at radius 2 is 1.94 bits per heavy atom. The highest BCUT2D eigenvalue weighted by molar-refractivity contribution is 9.10. The van der Waals surface area contributed by atoms with Gasteiger partial charge in [0.15, 0.2) is 9.84 Å². The molecule has 0 bridgehead atoms. The Labute approximate surface area is 210 Å². The molecule has 0 amide bonds. The largest absolute Gasteiger partial charge is 0.506 e. The summed E-state index contributed by atoms with van der Waals surface area (Å²) in [4.78, 5) is 17.2. The van der Waals surface area contributed by atoms with E-state index in [9.17, 15) is 22.7 Å². The van der Waals surface area contributed by atoms with Crippen molar-refractivity contribution in [3.63, 3.8) is 0 Å². The number of fused-ring (bicyclic) bond motifs is 1. The fourth-order valence-corrected chi connectivity index (χ4v) is 6.09. The van der Waals surface area contributed by atoms with Crippen LogP contribution in [0.5, 0.6) is 5.75 Å². The van der Waals surface area contributed by atoms with Crippen LogP contribution in [0.4, 0.5) is 4.39 Å². The van der Waals surface area contributed by atoms with E-state index in [2.05, 4.69) is 20.9 Å². The van der Waals surface area contributed by atoms with E-state index in [0.29, 0.717) is 26.5 Å². The van der Waals surface area contributed by atoms with E-state index < -0.39 is 27.4 Å². The molecule has 184 valence electrons. The van der Waals surface area contributed by atoms with Crippen LogP contribution >= 0.6 is 15.9 Å². The van der Waals surface area contributed by atoms with Crippen LogP contribution < -0.4 is 0 Å². The number of phenolic OH excluding ortho intramolecular Hbond substituents is 1. The topological polar surface area (TPSA) is 103 Å². The number of ether oxygens (including phenoxy) is 1. The predicted molar refractivity (Wildman–Crippen MR) is 132 cm³/mol. The lowest BCUT2D eigenvalue weighted by Crippen LogP contribution is -2.15. The fraction of sp³-hybridized carbons (Fsp3) is 0.250. The molecule has 8 nitrogen and oxygen atoms in total. The molecular formula is C24H23BrFN3O5S. The van der Waals surface area contributed by atoms with Gasteiger partial charge in [0.2, 0.25) is 0 Å². The van der Waals surface area contributed by atoms with Gasteiger partial charge < -0.3 is 19.0 Å². The van der Waals surface area contributed by atoms with Gasteiger partial charge in [-0.1, -0.05) is 12.1 Å². The molecule has 35 heavy (non-hydrogen) atoms. The van der Waals surface area contributed by atoms with E-state index >= 15 is 0 Å². The average Bonchev–Trinajstić information content (AvgIpc) is 3.40. The van der Waals surface area contributed by atoms with E-state index in [-0.39, 0.29) is 35.9 Å². The number of aromatic hydroxyl groups is 1. The van der Waals surface area contributed by atoms with Crippen molar-refractivity contribution in [2.75, 3.05) is 6.61 Å². The quantitative estimate of drug-likeness (QED) is 0.320. The Balaban J connectivity index is 1.89. The maximum Gasteiger partial charge on any atom is 0.340 e. The van der Waals surface area contributed by atoms with Crippen LogP contribution in [0.25, 0.3) is 10.9 Å². The second-order valence-electron chi connectivity index (χ2n) is 8.07. The van der Waals surface area contributed by atoms with Gasteiger partial charge in [-0.15, -0.1) is 0 Å². The number of nitrogens with zero attached hydrogens (tertiary/aromatic N) is 3. The molecule has 0 radical (unpaired) electrons. The van der Waals surface area contributed by atoms with Crippen LogP contribution in [0.2, 0.25) is 0 Å². The number of imidazole rings is 1. The molecular weight excluding hydrogens is 541 g/mol. The normalized spacial score (nSPS) is 11.8. The second kappa shape index (κ2) is 9.82. The van der Waals surface area contributed by atoms with Gasteiger partial charge in [-0.25, -0.2) is 22.6 Å². The summed E-state index contributed by atoms with van der Waals surface area (Å²) in [6, 6.07) is 6.88. The van der Waals surface area contributed by atoms with E-state index in [4.69, 9.17) is 4.74 Å². The zero-order valence-corrected chi connectivity index (χ0v) is 21.4. The first kappa shape index (κ1) is 24.9. The smallest absolute Gasteiger partial charge is 0.340 e. The number of sulfone groups is 1. The molecule has 0 saturated carbocycles. The Hall–Kier alpha value is -3.18. The molecule has 0 spiro atoms. The van der Waals surface area contributed by atoms with Crippen molar-refractivity contribution in [2.45, 2.75) is 25.0 Å². The van der Waals surface area contributed by atoms with Crippen LogP contribution in [0.15, 0.2) is 53.5 Å². The lowest BCUT2D eigenvalue weighted by molar-refractivity contribution is 0.0527. The van der Waals surface area contributed by atoms with Gasteiger partial charge >= 0.3 is 5.97 Å². The number of hydrogen-bond acceptors (Lipinski definition) is 6. The number of esters is 1. The third-order valence-corrected chi connectivity index (χ3v) is 7.77. The first-order valence-electron chi connectivity index (χ1n) is 10.7. The first-order valence-corrected chi connectivity index (χ1v) is 13.3. The molecule has 0 atom stereocenters. The van der Waals surface area contributed by atoms with Crippen molar-refractivity contribution < 1.29 is 27.4 Å². The molecule has 0 fully saturated rings. The van der Waals surface area contributed by atoms with Crippen LogP contribution in [-0.2, 0) is 39.7 Å². The molecule has 4 rings (SSSR count). The minimum absolute atomic E-state index is 0.0666. The van der Waals surface area contributed by atoms with Gasteiger partial charge in [-0.3, -0.25) is 0 Å². The fourth-order valence-electron chi connectivity index (χ4n) is 4.08. The first-order chi connectivity index (χ1) is 16.6. The number of aromatic nitrogens is 3. The number of carbonyl (C=O) groups excluding carboxylic acids is 1. The maximum atomic E-state index is 13.3. The number of carbonyl (C=O) groups is 1. The summed E-state index contributed by atoms with van der Waals surface area (Å²) in [6.45, 7) is 1.95. The Bertz CT molecular complexity index is 1500. The van der Waals surface area contributed by atoms with Crippen molar-refractivity contribution in [2.24, 2.45) is 7.05 Å². The van der Waals surface area contributed by atoms with E-state index in [1.807, 2.05) is 0 Å². The Kier molecular flexibility index (Phi) is 7.00. The summed E-state index contributed by atoms with van der Waals surface area (Å²) >= 11 is 3.37. The van der Waals surface area contributed by atoms with Crippen molar-refractivity contribution in [3.8, 4) is 5.75 Å². The summed E-state index contributed by atoms with van der Waals surface area (Å²) in [5.41, 5.74) is 1.74. The molecule has 2 heterocycles. The molecule has 1 N–H and O–H groups in total. The molecule has 0 aliphatic rings. The number of aryl methyl sites for hydroxylation is 1. The Morgan fingerprint density at radius 3 is 2.57 bits per heavy atom. The predicted octanol–water partition coefficient (Wildman–Crippen LogP) is 4.32. The van der Waals surface area contributed by atoms with Gasteiger partial charge in [0.1, 0.15) is 11.6 Å². The highest BCUT2D eigenvalue weighted by Crippen LogP contribution is 2.40. The molecule has 2 aromatic carbocycles. The van der Waals surface area contributed by atoms with E-state index in [1.54, 1.807) is 47.9 Å². The zero-order valence-electron chi connectivity index (χ0n) is 19.0. The minimum Gasteiger partial charge on any atom is -0.506 e. The highest BCUT2D eigenvalue weighted by atomic mass is 79.9. The average molecular weight is 564 g/mol. The lowest BCUT2D eigenvalue weighted by Gasteiger charge is -2.11. The van der Waals surface area contributed by atoms with Gasteiger partial charge in [-0.05, 0) is 46.6 Å². The Morgan fingerprint density at radius 1 is 1.23 bits per heavy atom. The summed E-state index contributed by atoms with van der Waals surface area (Å²) in [6.07, 6.45) is 4.89. The SMILES string of the molecule is CCOC(=O)c1c(CS(=O)(=O)Cc2ccc(F)cc2)n(C)c2cc(Br)c(O)c(Cn3ccnc3)c12. The number of hydrogen-bond donors (Lipinski definition) is 1. The van der Waals surface area contributed by atoms with Crippen LogP contribution in [-0.4, -0.2) is 40.2 Å². The van der Waals surface area contributed by atoms with Crippen LogP contribution in [0, 0.1) is 5.82 Å². The van der Waals surface area contributed by atoms with Crippen molar-refractivity contribution in [1.82, 2.24) is 14.1 Å². The summed E-state index contributed by atoms with van der Waals surface area (Å²) in [5, 5.41) is 11.3. The van der Waals surface area contributed by atoms with Gasteiger partial charge in [0.25, 0.3) is 0 Å². The minimum atomic E-state index is -3.77. The van der Waals surface area contributed by atoms with Crippen LogP contribution in [0.3, 0.4) is 0 Å². The standard InChI is InChI=1S/C24H23BrFN3O5S/c1-3-34-24(31)22-20(13-35(32,33)12-15-4-6-16(26)7-5-15)28(2)19-10-18(25)23(30)17(21(19)22)11-29-9-8-27-14-29/h4-10,14,30H,3,11-13H2,1-2H3. The summed E-state index contributed by atoms with van der Waals surface area (Å²) in [5.74, 6) is -1.98. The van der Waals surface area contributed by atoms with Crippen molar-refractivity contribution in [1.29, 1.82) is 0 Å². The molecule has 11 heteroatoms. The van der Waals surface area contributed by atoms with Gasteiger partial charge in [-0.2, -0.15) is 0 Å². The lowest BCUT2D eigenvalue weighted by atomic mass is 10.0. The number of rotatable bonds is 8. The highest BCUT2D eigenvalue weighted by Gasteiger charge is 2.30. The third kappa shape index (κ3) is 5.10. The summed E-state index contributed by atoms with van der Waals surface area (Å²) < 4.78 is 48.6. The number of phenols is 1. The zero-order chi connectivity index (χ0) is 25.3. The monoisotopic (exact) mass is 563 g/mol. The molecule has 4 aromatic rings. The van der Waals surface area contributed by atoms with Crippen LogP contribution in [0.1, 0.15) is 34.1 Å². The summed E-state index contributed by atoms with van der Waals surface area (Å²) in [7, 11) is -2.10. The van der Waals surface area contributed by atoms with Crippen molar-refractivity contribution >= 4 is 42.6 Å². The van der Waals surface area contributed by atoms with Gasteiger partial charge in [0.05, 0.1) is 46.5 Å².